The maximum absolute atomic E-state index is 12.5. The van der Waals surface area contributed by atoms with E-state index in [1.807, 2.05) is 36.1 Å². The lowest BCUT2D eigenvalue weighted by Crippen LogP contribution is -2.45. The molecule has 1 amide bonds. The van der Waals surface area contributed by atoms with Crippen molar-refractivity contribution in [2.24, 2.45) is 0 Å². The molecule has 1 fully saturated rings. The van der Waals surface area contributed by atoms with Gasteiger partial charge in [0.2, 0.25) is 11.9 Å². The molecule has 0 radical (unpaired) electrons. The minimum atomic E-state index is -0.790. The Morgan fingerprint density at radius 2 is 2.00 bits per heavy atom. The van der Waals surface area contributed by atoms with Gasteiger partial charge in [-0.05, 0) is 31.9 Å². The van der Waals surface area contributed by atoms with Crippen LogP contribution in [0.25, 0.3) is 0 Å². The Bertz CT molecular complexity index is 989. The number of aryl methyl sites for hydroxylation is 1. The maximum atomic E-state index is 12.5. The molecule has 0 bridgehead atoms. The first-order valence-electron chi connectivity index (χ1n) is 9.47. The molecule has 9 heteroatoms. The van der Waals surface area contributed by atoms with Gasteiger partial charge in [0.05, 0.1) is 6.10 Å². The third kappa shape index (κ3) is 3.57. The first kappa shape index (κ1) is 18.4. The fourth-order valence-electron chi connectivity index (χ4n) is 3.53. The summed E-state index contributed by atoms with van der Waals surface area (Å²) in [5, 5.41) is 7.07. The molecular formula is C19H23N5O4. The largest absolute Gasteiger partial charge is 0.376 e. The fourth-order valence-corrected chi connectivity index (χ4v) is 3.53. The summed E-state index contributed by atoms with van der Waals surface area (Å²) in [6.45, 7) is 3.73. The van der Waals surface area contributed by atoms with E-state index in [9.17, 15) is 14.4 Å². The van der Waals surface area contributed by atoms with Crippen LogP contribution in [-0.4, -0.2) is 46.1 Å². The van der Waals surface area contributed by atoms with E-state index in [1.54, 1.807) is 0 Å². The number of aromatic nitrogens is 3. The SMILES string of the molecule is Cc1ccc(N2CCn3c2nn(CC(=O)NC[C@H]2CCCO2)c(=O)c3=O)cc1. The highest BCUT2D eigenvalue weighted by atomic mass is 16.5. The molecule has 1 atom stereocenters. The Balaban J connectivity index is 1.56. The third-order valence-electron chi connectivity index (χ3n) is 5.09. The number of hydrogen-bond donors (Lipinski definition) is 1. The van der Waals surface area contributed by atoms with Gasteiger partial charge in [0, 0.05) is 31.9 Å². The Kier molecular flexibility index (Phi) is 4.99. The summed E-state index contributed by atoms with van der Waals surface area (Å²) in [5.74, 6) is 0.00899. The van der Waals surface area contributed by atoms with Crippen LogP contribution in [0.2, 0.25) is 0 Å². The number of ether oxygens (including phenoxy) is 1. The van der Waals surface area contributed by atoms with E-state index in [-0.39, 0.29) is 18.6 Å². The summed E-state index contributed by atoms with van der Waals surface area (Å²) in [6.07, 6.45) is 1.90. The minimum Gasteiger partial charge on any atom is -0.376 e. The Hall–Kier alpha value is -2.94. The van der Waals surface area contributed by atoms with Gasteiger partial charge < -0.3 is 15.0 Å². The van der Waals surface area contributed by atoms with Gasteiger partial charge in [-0.2, -0.15) is 0 Å². The van der Waals surface area contributed by atoms with Gasteiger partial charge in [0.25, 0.3) is 0 Å². The van der Waals surface area contributed by atoms with E-state index in [0.717, 1.165) is 28.8 Å². The van der Waals surface area contributed by atoms with Gasteiger partial charge in [-0.15, -0.1) is 5.10 Å². The molecule has 4 rings (SSSR count). The molecular weight excluding hydrogens is 362 g/mol. The molecule has 1 aromatic carbocycles. The van der Waals surface area contributed by atoms with Crippen molar-refractivity contribution in [1.82, 2.24) is 19.7 Å². The van der Waals surface area contributed by atoms with Crippen LogP contribution in [0.4, 0.5) is 11.6 Å². The van der Waals surface area contributed by atoms with E-state index in [0.29, 0.717) is 32.2 Å². The molecule has 0 unspecified atom stereocenters. The molecule has 0 aliphatic carbocycles. The van der Waals surface area contributed by atoms with Crippen LogP contribution in [0.15, 0.2) is 33.9 Å². The summed E-state index contributed by atoms with van der Waals surface area (Å²) >= 11 is 0. The number of hydrogen-bond acceptors (Lipinski definition) is 6. The number of carbonyl (C=O) groups is 1. The lowest BCUT2D eigenvalue weighted by Gasteiger charge is -2.18. The van der Waals surface area contributed by atoms with Gasteiger partial charge >= 0.3 is 11.1 Å². The first-order valence-corrected chi connectivity index (χ1v) is 9.47. The fraction of sp³-hybridized carbons (Fsp3) is 0.474. The number of benzene rings is 1. The second-order valence-electron chi connectivity index (χ2n) is 7.15. The quantitative estimate of drug-likeness (QED) is 0.737. The normalized spacial score (nSPS) is 18.3. The molecule has 2 aromatic rings. The molecule has 2 aliphatic rings. The highest BCUT2D eigenvalue weighted by Gasteiger charge is 2.26. The zero-order valence-electron chi connectivity index (χ0n) is 15.8. The van der Waals surface area contributed by atoms with Crippen LogP contribution in [0.1, 0.15) is 18.4 Å². The average molecular weight is 385 g/mol. The standard InChI is InChI=1S/C19H23N5O4/c1-13-4-6-14(7-5-13)22-8-9-23-17(26)18(27)24(21-19(22)23)12-16(25)20-11-15-3-2-10-28-15/h4-7,15H,2-3,8-12H2,1H3,(H,20,25)/t15-/m1/s1. The van der Waals surface area contributed by atoms with Crippen LogP contribution in [0, 0.1) is 6.92 Å². The molecule has 2 aliphatic heterocycles. The van der Waals surface area contributed by atoms with Gasteiger partial charge in [-0.25, -0.2) is 4.68 Å². The smallest absolute Gasteiger partial charge is 0.333 e. The van der Waals surface area contributed by atoms with Crippen molar-refractivity contribution in [3.63, 3.8) is 0 Å². The molecule has 1 aromatic heterocycles. The van der Waals surface area contributed by atoms with Crippen LogP contribution >= 0.6 is 0 Å². The van der Waals surface area contributed by atoms with Crippen molar-refractivity contribution in [1.29, 1.82) is 0 Å². The maximum Gasteiger partial charge on any atom is 0.333 e. The van der Waals surface area contributed by atoms with Crippen molar-refractivity contribution >= 4 is 17.5 Å². The topological polar surface area (TPSA) is 98.5 Å². The Morgan fingerprint density at radius 3 is 2.71 bits per heavy atom. The second kappa shape index (κ2) is 7.59. The zero-order chi connectivity index (χ0) is 19.7. The van der Waals surface area contributed by atoms with Crippen molar-refractivity contribution in [3.05, 3.63) is 50.5 Å². The Morgan fingerprint density at radius 1 is 1.21 bits per heavy atom. The highest BCUT2D eigenvalue weighted by molar-refractivity contribution is 5.75. The van der Waals surface area contributed by atoms with Gasteiger partial charge in [-0.1, -0.05) is 17.7 Å². The summed E-state index contributed by atoms with van der Waals surface area (Å²) in [5.41, 5.74) is 0.561. The molecule has 0 saturated carbocycles. The van der Waals surface area contributed by atoms with Crippen LogP contribution in [0.5, 0.6) is 0 Å². The average Bonchev–Trinajstić information content (AvgIpc) is 3.35. The monoisotopic (exact) mass is 385 g/mol. The number of rotatable bonds is 5. The molecule has 9 nitrogen and oxygen atoms in total. The van der Waals surface area contributed by atoms with E-state index in [1.165, 1.54) is 4.57 Å². The lowest BCUT2D eigenvalue weighted by atomic mass is 10.2. The minimum absolute atomic E-state index is 0.0105. The molecule has 0 spiro atoms. The van der Waals surface area contributed by atoms with Gasteiger partial charge in [0.15, 0.2) is 0 Å². The van der Waals surface area contributed by atoms with Crippen LogP contribution < -0.4 is 21.3 Å². The third-order valence-corrected chi connectivity index (χ3v) is 5.09. The number of carbonyl (C=O) groups excluding carboxylic acids is 1. The van der Waals surface area contributed by atoms with Gasteiger partial charge in [0.1, 0.15) is 6.54 Å². The van der Waals surface area contributed by atoms with E-state index in [4.69, 9.17) is 4.74 Å². The highest BCUT2D eigenvalue weighted by Crippen LogP contribution is 2.26. The molecule has 148 valence electrons. The summed E-state index contributed by atoms with van der Waals surface area (Å²) in [4.78, 5) is 38.9. The summed E-state index contributed by atoms with van der Waals surface area (Å²) < 4.78 is 7.78. The first-order chi connectivity index (χ1) is 13.5. The van der Waals surface area contributed by atoms with Gasteiger partial charge in [-0.3, -0.25) is 19.0 Å². The number of amides is 1. The van der Waals surface area contributed by atoms with E-state index in [2.05, 4.69) is 10.4 Å². The number of nitrogens with zero attached hydrogens (tertiary/aromatic N) is 4. The summed E-state index contributed by atoms with van der Waals surface area (Å²) in [6, 6.07) is 7.84. The van der Waals surface area contributed by atoms with E-state index < -0.39 is 11.1 Å². The van der Waals surface area contributed by atoms with Crippen LogP contribution in [-0.2, 0) is 22.6 Å². The van der Waals surface area contributed by atoms with Crippen molar-refractivity contribution < 1.29 is 9.53 Å². The molecule has 3 heterocycles. The Labute approximate surface area is 161 Å². The number of fused-ring (bicyclic) bond motifs is 1. The van der Waals surface area contributed by atoms with E-state index >= 15 is 0 Å². The second-order valence-corrected chi connectivity index (χ2v) is 7.15. The lowest BCUT2D eigenvalue weighted by molar-refractivity contribution is -0.122. The molecule has 28 heavy (non-hydrogen) atoms. The van der Waals surface area contributed by atoms with Crippen molar-refractivity contribution in [2.75, 3.05) is 24.6 Å². The van der Waals surface area contributed by atoms with Crippen LogP contribution in [0.3, 0.4) is 0 Å². The predicted molar refractivity (Wildman–Crippen MR) is 103 cm³/mol. The summed E-state index contributed by atoms with van der Waals surface area (Å²) in [7, 11) is 0. The molecule has 1 saturated heterocycles. The zero-order valence-corrected chi connectivity index (χ0v) is 15.8. The molecule has 1 N–H and O–H groups in total. The number of anilines is 2. The van der Waals surface area contributed by atoms with Crippen molar-refractivity contribution in [3.8, 4) is 0 Å². The van der Waals surface area contributed by atoms with Crippen molar-refractivity contribution in [2.45, 2.75) is 39.0 Å². The predicted octanol–water partition coefficient (Wildman–Crippen LogP) is 0.160. The number of nitrogens with one attached hydrogen (secondary N) is 1.